The van der Waals surface area contributed by atoms with Crippen LogP contribution >= 0.6 is 24.2 Å². The molecule has 0 saturated carbocycles. The first-order valence-corrected chi connectivity index (χ1v) is 7.87. The molecule has 1 atom stereocenters. The van der Waals surface area contributed by atoms with E-state index in [4.69, 9.17) is 4.74 Å². The summed E-state index contributed by atoms with van der Waals surface area (Å²) in [7, 11) is 0. The Kier molecular flexibility index (Phi) is 8.42. The molecule has 0 spiro atoms. The third-order valence-corrected chi connectivity index (χ3v) is 3.78. The summed E-state index contributed by atoms with van der Waals surface area (Å²) in [6.07, 6.45) is -0.525. The number of thioether (sulfide) groups is 1. The largest absolute Gasteiger partial charge is 0.390 e. The van der Waals surface area contributed by atoms with Crippen molar-refractivity contribution < 1.29 is 9.84 Å². The second-order valence-electron chi connectivity index (χ2n) is 4.90. The number of aromatic nitrogens is 2. The standard InChI is InChI=1S/C16H20N2O2S.ClH/c1-12-8-13(2)18-16(17-12)21-11-15(19)10-20-9-14-6-4-3-5-7-14;/h3-8,15,19H,9-11H2,1-2H3;1H. The van der Waals surface area contributed by atoms with Gasteiger partial charge in [-0.3, -0.25) is 0 Å². The van der Waals surface area contributed by atoms with Gasteiger partial charge in [-0.2, -0.15) is 0 Å². The number of hydrogen-bond acceptors (Lipinski definition) is 5. The lowest BCUT2D eigenvalue weighted by Gasteiger charge is -2.11. The van der Waals surface area contributed by atoms with E-state index in [0.29, 0.717) is 24.1 Å². The molecule has 2 aromatic rings. The Labute approximate surface area is 141 Å². The van der Waals surface area contributed by atoms with Crippen LogP contribution in [-0.2, 0) is 11.3 Å². The topological polar surface area (TPSA) is 55.2 Å². The van der Waals surface area contributed by atoms with Crippen LogP contribution in [-0.4, -0.2) is 33.5 Å². The molecule has 0 amide bonds. The highest BCUT2D eigenvalue weighted by molar-refractivity contribution is 7.99. The molecule has 0 aliphatic carbocycles. The maximum atomic E-state index is 9.93. The summed E-state index contributed by atoms with van der Waals surface area (Å²) >= 11 is 1.45. The van der Waals surface area contributed by atoms with E-state index in [0.717, 1.165) is 17.0 Å². The van der Waals surface area contributed by atoms with Gasteiger partial charge in [0.2, 0.25) is 0 Å². The minimum absolute atomic E-state index is 0. The molecular weight excluding hydrogens is 320 g/mol. The van der Waals surface area contributed by atoms with Crippen LogP contribution in [0, 0.1) is 13.8 Å². The predicted molar refractivity (Wildman–Crippen MR) is 91.6 cm³/mol. The van der Waals surface area contributed by atoms with Crippen molar-refractivity contribution >= 4 is 24.2 Å². The second-order valence-corrected chi connectivity index (χ2v) is 5.89. The van der Waals surface area contributed by atoms with E-state index in [2.05, 4.69) is 9.97 Å². The van der Waals surface area contributed by atoms with E-state index in [1.807, 2.05) is 50.2 Å². The zero-order valence-electron chi connectivity index (χ0n) is 12.7. The molecule has 0 aliphatic rings. The zero-order valence-corrected chi connectivity index (χ0v) is 14.4. The fourth-order valence-electron chi connectivity index (χ4n) is 1.86. The van der Waals surface area contributed by atoms with Gasteiger partial charge in [-0.15, -0.1) is 12.4 Å². The minimum atomic E-state index is -0.525. The molecule has 120 valence electrons. The van der Waals surface area contributed by atoms with E-state index >= 15 is 0 Å². The number of aryl methyl sites for hydroxylation is 2. The molecule has 1 unspecified atom stereocenters. The van der Waals surface area contributed by atoms with Gasteiger partial charge in [0.05, 0.1) is 19.3 Å². The van der Waals surface area contributed by atoms with Crippen LogP contribution in [0.3, 0.4) is 0 Å². The fraction of sp³-hybridized carbons (Fsp3) is 0.375. The van der Waals surface area contributed by atoms with Gasteiger partial charge in [0.1, 0.15) is 0 Å². The van der Waals surface area contributed by atoms with Crippen LogP contribution in [0.1, 0.15) is 17.0 Å². The molecule has 0 saturated heterocycles. The molecule has 0 fully saturated rings. The molecule has 4 nitrogen and oxygen atoms in total. The van der Waals surface area contributed by atoms with Crippen LogP contribution in [0.4, 0.5) is 0 Å². The van der Waals surface area contributed by atoms with Gasteiger partial charge in [0, 0.05) is 17.1 Å². The SMILES string of the molecule is Cc1cc(C)nc(SCC(O)COCc2ccccc2)n1.Cl. The molecular formula is C16H21ClN2O2S. The van der Waals surface area contributed by atoms with Crippen LogP contribution in [0.25, 0.3) is 0 Å². The van der Waals surface area contributed by atoms with E-state index in [1.54, 1.807) is 0 Å². The highest BCUT2D eigenvalue weighted by Crippen LogP contribution is 2.15. The zero-order chi connectivity index (χ0) is 15.1. The average Bonchev–Trinajstić information content (AvgIpc) is 2.45. The lowest BCUT2D eigenvalue weighted by Crippen LogP contribution is -2.18. The number of aliphatic hydroxyl groups is 1. The van der Waals surface area contributed by atoms with Crippen molar-refractivity contribution in [2.75, 3.05) is 12.4 Å². The van der Waals surface area contributed by atoms with Crippen LogP contribution in [0.5, 0.6) is 0 Å². The van der Waals surface area contributed by atoms with E-state index in [-0.39, 0.29) is 12.4 Å². The number of aliphatic hydroxyl groups excluding tert-OH is 1. The summed E-state index contributed by atoms with van der Waals surface area (Å²) < 4.78 is 5.51. The Balaban J connectivity index is 0.00000242. The summed E-state index contributed by atoms with van der Waals surface area (Å²) in [6, 6.07) is 11.9. The number of nitrogens with zero attached hydrogens (tertiary/aromatic N) is 2. The summed E-state index contributed by atoms with van der Waals surface area (Å²) in [4.78, 5) is 8.67. The van der Waals surface area contributed by atoms with Gasteiger partial charge in [0.25, 0.3) is 0 Å². The van der Waals surface area contributed by atoms with Crippen LogP contribution < -0.4 is 0 Å². The lowest BCUT2D eigenvalue weighted by atomic mass is 10.2. The van der Waals surface area contributed by atoms with Gasteiger partial charge in [0.15, 0.2) is 5.16 Å². The van der Waals surface area contributed by atoms with Gasteiger partial charge in [-0.1, -0.05) is 42.1 Å². The first-order valence-electron chi connectivity index (χ1n) is 6.88. The molecule has 1 aromatic heterocycles. The second kappa shape index (κ2) is 9.79. The quantitative estimate of drug-likeness (QED) is 0.619. The van der Waals surface area contributed by atoms with Gasteiger partial charge >= 0.3 is 0 Å². The molecule has 0 aliphatic heterocycles. The predicted octanol–water partition coefficient (Wildman–Crippen LogP) is 3.19. The van der Waals surface area contributed by atoms with Crippen molar-refractivity contribution in [2.24, 2.45) is 0 Å². The maximum absolute atomic E-state index is 9.93. The Hall–Kier alpha value is -1.14. The van der Waals surface area contributed by atoms with Crippen molar-refractivity contribution in [3.63, 3.8) is 0 Å². The Morgan fingerprint density at radius 3 is 2.41 bits per heavy atom. The van der Waals surface area contributed by atoms with E-state index < -0.39 is 6.10 Å². The first kappa shape index (κ1) is 18.9. The summed E-state index contributed by atoms with van der Waals surface area (Å²) in [6.45, 7) is 4.71. The van der Waals surface area contributed by atoms with Crippen LogP contribution in [0.2, 0.25) is 0 Å². The fourth-order valence-corrected chi connectivity index (χ4v) is 2.72. The van der Waals surface area contributed by atoms with Crippen molar-refractivity contribution in [1.82, 2.24) is 9.97 Å². The molecule has 0 radical (unpaired) electrons. The Morgan fingerprint density at radius 1 is 1.14 bits per heavy atom. The van der Waals surface area contributed by atoms with Crippen LogP contribution in [0.15, 0.2) is 41.6 Å². The number of hydrogen-bond donors (Lipinski definition) is 1. The summed E-state index contributed by atoms with van der Waals surface area (Å²) in [5, 5.41) is 10.6. The smallest absolute Gasteiger partial charge is 0.188 e. The summed E-state index contributed by atoms with van der Waals surface area (Å²) in [5.74, 6) is 0.525. The monoisotopic (exact) mass is 340 g/mol. The van der Waals surface area contributed by atoms with E-state index in [9.17, 15) is 5.11 Å². The van der Waals surface area contributed by atoms with Crippen molar-refractivity contribution in [2.45, 2.75) is 31.7 Å². The number of rotatable bonds is 7. The van der Waals surface area contributed by atoms with Gasteiger partial charge in [-0.25, -0.2) is 9.97 Å². The third kappa shape index (κ3) is 6.75. The number of halogens is 1. The van der Waals surface area contributed by atoms with Gasteiger partial charge < -0.3 is 9.84 Å². The Morgan fingerprint density at radius 2 is 1.77 bits per heavy atom. The lowest BCUT2D eigenvalue weighted by molar-refractivity contribution is 0.0398. The molecule has 6 heteroatoms. The number of benzene rings is 1. The molecule has 2 rings (SSSR count). The number of ether oxygens (including phenoxy) is 1. The molecule has 1 N–H and O–H groups in total. The maximum Gasteiger partial charge on any atom is 0.188 e. The average molecular weight is 341 g/mol. The van der Waals surface area contributed by atoms with Crippen molar-refractivity contribution in [3.05, 3.63) is 53.3 Å². The van der Waals surface area contributed by atoms with Crippen molar-refractivity contribution in [1.29, 1.82) is 0 Å². The molecule has 1 aromatic carbocycles. The van der Waals surface area contributed by atoms with Gasteiger partial charge in [-0.05, 0) is 25.5 Å². The third-order valence-electron chi connectivity index (χ3n) is 2.79. The molecule has 22 heavy (non-hydrogen) atoms. The first-order chi connectivity index (χ1) is 10.1. The van der Waals surface area contributed by atoms with Crippen molar-refractivity contribution in [3.8, 4) is 0 Å². The molecule has 1 heterocycles. The Bertz CT molecular complexity index is 549. The highest BCUT2D eigenvalue weighted by atomic mass is 35.5. The normalized spacial score (nSPS) is 11.8. The van der Waals surface area contributed by atoms with E-state index in [1.165, 1.54) is 11.8 Å². The molecule has 0 bridgehead atoms. The summed E-state index contributed by atoms with van der Waals surface area (Å²) in [5.41, 5.74) is 3.00. The minimum Gasteiger partial charge on any atom is -0.390 e. The highest BCUT2D eigenvalue weighted by Gasteiger charge is 2.08.